The summed E-state index contributed by atoms with van der Waals surface area (Å²) in [6.45, 7) is 0.451. The lowest BCUT2D eigenvalue weighted by atomic mass is 10.8. The molecular formula is C3H6NO2S+. The van der Waals surface area contributed by atoms with Gasteiger partial charge in [-0.2, -0.15) is 0 Å². The normalized spacial score (nSPS) is 31.4. The molecule has 0 spiro atoms. The number of hydrogen-bond acceptors (Lipinski definition) is 2. The van der Waals surface area contributed by atoms with Crippen LogP contribution in [0.25, 0.3) is 0 Å². The van der Waals surface area contributed by atoms with E-state index in [4.69, 9.17) is 0 Å². The summed E-state index contributed by atoms with van der Waals surface area (Å²) in [6.07, 6.45) is 0. The van der Waals surface area contributed by atoms with E-state index in [2.05, 4.69) is 0 Å². The fourth-order valence-corrected chi connectivity index (χ4v) is 1.48. The SMILES string of the molecule is O=[N+]1CCS(=O)C1. The molecule has 0 amide bonds. The zero-order valence-electron chi connectivity index (χ0n) is 3.79. The van der Waals surface area contributed by atoms with Crippen molar-refractivity contribution in [3.63, 3.8) is 0 Å². The molecule has 3 nitrogen and oxygen atoms in total. The molecule has 0 aliphatic carbocycles. The average molecular weight is 120 g/mol. The molecule has 1 aliphatic heterocycles. The van der Waals surface area contributed by atoms with Crippen molar-refractivity contribution in [3.8, 4) is 0 Å². The van der Waals surface area contributed by atoms with Crippen molar-refractivity contribution in [1.82, 2.24) is 0 Å². The zero-order chi connectivity index (χ0) is 5.28. The average Bonchev–Trinajstić information content (AvgIpc) is 1.87. The minimum Gasteiger partial charge on any atom is -0.253 e. The van der Waals surface area contributed by atoms with E-state index < -0.39 is 10.8 Å². The van der Waals surface area contributed by atoms with E-state index in [1.807, 2.05) is 0 Å². The van der Waals surface area contributed by atoms with Gasteiger partial charge in [-0.3, -0.25) is 4.21 Å². The van der Waals surface area contributed by atoms with Crippen LogP contribution in [0, 0.1) is 4.91 Å². The number of nitroso groups, excluding NO2 is 1. The molecule has 1 unspecified atom stereocenters. The highest BCUT2D eigenvalue weighted by molar-refractivity contribution is 7.84. The van der Waals surface area contributed by atoms with Crippen molar-refractivity contribution in [1.29, 1.82) is 0 Å². The van der Waals surface area contributed by atoms with Gasteiger partial charge in [0.2, 0.25) is 6.54 Å². The van der Waals surface area contributed by atoms with Gasteiger partial charge >= 0.3 is 0 Å². The van der Waals surface area contributed by atoms with Crippen LogP contribution in [0.1, 0.15) is 0 Å². The first-order chi connectivity index (χ1) is 3.29. The van der Waals surface area contributed by atoms with Crippen LogP contribution in [0.5, 0.6) is 0 Å². The Hall–Kier alpha value is -0.250. The van der Waals surface area contributed by atoms with Crippen molar-refractivity contribution in [2.45, 2.75) is 0 Å². The van der Waals surface area contributed by atoms with Gasteiger partial charge in [0.25, 0.3) is 5.88 Å². The van der Waals surface area contributed by atoms with Crippen LogP contribution in [0.3, 0.4) is 0 Å². The maximum absolute atomic E-state index is 10.3. The Morgan fingerprint density at radius 3 is 2.43 bits per heavy atom. The van der Waals surface area contributed by atoms with E-state index in [1.165, 1.54) is 0 Å². The molecule has 0 aromatic carbocycles. The van der Waals surface area contributed by atoms with Crippen LogP contribution in [-0.4, -0.2) is 27.1 Å². The summed E-state index contributed by atoms with van der Waals surface area (Å²) in [6, 6.07) is 0. The van der Waals surface area contributed by atoms with Crippen LogP contribution < -0.4 is 0 Å². The third-order valence-electron chi connectivity index (χ3n) is 0.856. The highest BCUT2D eigenvalue weighted by atomic mass is 32.2. The van der Waals surface area contributed by atoms with Gasteiger partial charge in [0.1, 0.15) is 0 Å². The van der Waals surface area contributed by atoms with Crippen molar-refractivity contribution >= 4 is 10.8 Å². The first-order valence-corrected chi connectivity index (χ1v) is 3.55. The van der Waals surface area contributed by atoms with Gasteiger partial charge in [0.05, 0.1) is 16.6 Å². The van der Waals surface area contributed by atoms with Gasteiger partial charge in [-0.1, -0.05) is 0 Å². The van der Waals surface area contributed by atoms with Gasteiger partial charge in [0.15, 0.2) is 0 Å². The Labute approximate surface area is 43.7 Å². The van der Waals surface area contributed by atoms with Crippen LogP contribution in [0.4, 0.5) is 0 Å². The molecule has 0 N–H and O–H groups in total. The maximum atomic E-state index is 10.3. The lowest BCUT2D eigenvalue weighted by Gasteiger charge is -1.66. The van der Waals surface area contributed by atoms with Crippen LogP contribution >= 0.6 is 0 Å². The molecule has 1 heterocycles. The predicted molar refractivity (Wildman–Crippen MR) is 26.4 cm³/mol. The Morgan fingerprint density at radius 1 is 1.57 bits per heavy atom. The summed E-state index contributed by atoms with van der Waals surface area (Å²) in [5, 5.41) is 0. The Kier molecular flexibility index (Phi) is 1.19. The third-order valence-corrected chi connectivity index (χ3v) is 2.07. The summed E-state index contributed by atoms with van der Waals surface area (Å²) < 4.78 is 11.2. The van der Waals surface area contributed by atoms with Crippen LogP contribution in [0.15, 0.2) is 0 Å². The molecule has 40 valence electrons. The smallest absolute Gasteiger partial charge is 0.253 e. The molecule has 1 saturated heterocycles. The topological polar surface area (TPSA) is 37.1 Å². The lowest BCUT2D eigenvalue weighted by Crippen LogP contribution is -1.99. The van der Waals surface area contributed by atoms with E-state index in [9.17, 15) is 9.12 Å². The molecule has 4 heteroatoms. The second-order valence-electron chi connectivity index (χ2n) is 1.48. The molecule has 0 aromatic rings. The highest BCUT2D eigenvalue weighted by Gasteiger charge is 2.23. The third kappa shape index (κ3) is 1.06. The molecular weight excluding hydrogens is 114 g/mol. The summed E-state index contributed by atoms with van der Waals surface area (Å²) in [5.41, 5.74) is 0. The highest BCUT2D eigenvalue weighted by Crippen LogP contribution is 1.92. The standard InChI is InChI=1S/C3H6NO2S/c5-4-1-2-7(6)3-4/h1-3H2/q+1. The summed E-state index contributed by atoms with van der Waals surface area (Å²) in [4.78, 5) is 10.2. The van der Waals surface area contributed by atoms with Crippen LogP contribution in [-0.2, 0) is 10.8 Å². The molecule has 1 fully saturated rings. The number of hydrogen-bond donors (Lipinski definition) is 0. The quantitative estimate of drug-likeness (QED) is 0.403. The van der Waals surface area contributed by atoms with Crippen molar-refractivity contribution < 1.29 is 8.97 Å². The van der Waals surface area contributed by atoms with Crippen LogP contribution in [0.2, 0.25) is 0 Å². The molecule has 0 radical (unpaired) electrons. The second kappa shape index (κ2) is 1.69. The van der Waals surface area contributed by atoms with E-state index in [-0.39, 0.29) is 5.88 Å². The van der Waals surface area contributed by atoms with Gasteiger partial charge in [0, 0.05) is 9.67 Å². The largest absolute Gasteiger partial charge is 0.265 e. The Bertz CT molecular complexity index is 108. The van der Waals surface area contributed by atoms with Gasteiger partial charge < -0.3 is 0 Å². The fraction of sp³-hybridized carbons (Fsp3) is 1.00. The molecule has 1 aliphatic rings. The molecule has 0 saturated carbocycles. The molecule has 7 heavy (non-hydrogen) atoms. The number of rotatable bonds is 0. The van der Waals surface area contributed by atoms with E-state index in [1.54, 1.807) is 0 Å². The van der Waals surface area contributed by atoms with E-state index in [0.29, 0.717) is 12.3 Å². The zero-order valence-corrected chi connectivity index (χ0v) is 4.61. The van der Waals surface area contributed by atoms with Crippen molar-refractivity contribution in [2.75, 3.05) is 18.2 Å². The Morgan fingerprint density at radius 2 is 2.29 bits per heavy atom. The van der Waals surface area contributed by atoms with Crippen molar-refractivity contribution in [2.24, 2.45) is 0 Å². The monoisotopic (exact) mass is 120 g/mol. The predicted octanol–water partition coefficient (Wildman–Crippen LogP) is -0.515. The summed E-state index contributed by atoms with van der Waals surface area (Å²) in [5.74, 6) is 0.781. The number of nitrogens with zero attached hydrogens (tertiary/aromatic N) is 1. The maximum Gasteiger partial charge on any atom is 0.265 e. The molecule has 1 rings (SSSR count). The van der Waals surface area contributed by atoms with E-state index in [0.717, 1.165) is 4.76 Å². The lowest BCUT2D eigenvalue weighted by molar-refractivity contribution is -0.517. The van der Waals surface area contributed by atoms with Gasteiger partial charge in [-0.05, 0) is 0 Å². The fourth-order valence-electron chi connectivity index (χ4n) is 0.493. The molecule has 1 atom stereocenters. The first kappa shape index (κ1) is 4.90. The second-order valence-corrected chi connectivity index (χ2v) is 3.02. The minimum atomic E-state index is -0.840. The first-order valence-electron chi connectivity index (χ1n) is 2.06. The van der Waals surface area contributed by atoms with E-state index >= 15 is 0 Å². The Balaban J connectivity index is 2.55. The summed E-state index contributed by atoms with van der Waals surface area (Å²) >= 11 is 0. The molecule has 0 aromatic heterocycles. The summed E-state index contributed by atoms with van der Waals surface area (Å²) in [7, 11) is -0.840. The van der Waals surface area contributed by atoms with Gasteiger partial charge in [-0.25, -0.2) is 0 Å². The van der Waals surface area contributed by atoms with Gasteiger partial charge in [-0.15, -0.1) is 0 Å². The molecule has 0 bridgehead atoms. The minimum absolute atomic E-state index is 0.222. The van der Waals surface area contributed by atoms with Crippen molar-refractivity contribution in [3.05, 3.63) is 4.91 Å².